The highest BCUT2D eigenvalue weighted by Gasteiger charge is 2.29. The number of esters is 1. The van der Waals surface area contributed by atoms with Gasteiger partial charge in [-0.3, -0.25) is 9.69 Å². The van der Waals surface area contributed by atoms with Crippen LogP contribution in [-0.4, -0.2) is 36.5 Å². The molecule has 0 unspecified atom stereocenters. The average molecular weight is 348 g/mol. The highest BCUT2D eigenvalue weighted by atomic mass is 32.1. The third kappa shape index (κ3) is 3.22. The molecule has 6 nitrogen and oxygen atoms in total. The smallest absolute Gasteiger partial charge is 0.341 e. The van der Waals surface area contributed by atoms with Gasteiger partial charge in [0.05, 0.1) is 18.4 Å². The molecular weight excluding hydrogens is 328 g/mol. The lowest BCUT2D eigenvalue weighted by atomic mass is 10.0. The zero-order chi connectivity index (χ0) is 17.1. The van der Waals surface area contributed by atoms with Crippen molar-refractivity contribution in [3.63, 3.8) is 0 Å². The number of amides is 1. The van der Waals surface area contributed by atoms with E-state index in [0.717, 1.165) is 36.5 Å². The Bertz CT molecular complexity index is 736. The number of rotatable bonds is 5. The van der Waals surface area contributed by atoms with E-state index in [2.05, 4.69) is 17.1 Å². The zero-order valence-corrected chi connectivity index (χ0v) is 14.6. The van der Waals surface area contributed by atoms with E-state index in [1.165, 1.54) is 17.6 Å². The molecular formula is C17H20N2O4S. The van der Waals surface area contributed by atoms with Crippen molar-refractivity contribution in [2.24, 2.45) is 0 Å². The third-order valence-electron chi connectivity index (χ3n) is 4.03. The zero-order valence-electron chi connectivity index (χ0n) is 13.8. The summed E-state index contributed by atoms with van der Waals surface area (Å²) >= 11 is 1.44. The van der Waals surface area contributed by atoms with Crippen molar-refractivity contribution < 1.29 is 18.7 Å². The van der Waals surface area contributed by atoms with Crippen LogP contribution in [0.3, 0.4) is 0 Å². The monoisotopic (exact) mass is 348 g/mol. The van der Waals surface area contributed by atoms with Gasteiger partial charge in [-0.05, 0) is 37.6 Å². The minimum atomic E-state index is -0.380. The van der Waals surface area contributed by atoms with Crippen molar-refractivity contribution in [1.29, 1.82) is 0 Å². The number of likely N-dealkylation sites (N-methyl/N-ethyl adjacent to an activating group) is 1. The molecule has 2 aromatic heterocycles. The molecule has 24 heavy (non-hydrogen) atoms. The Morgan fingerprint density at radius 3 is 2.92 bits per heavy atom. The van der Waals surface area contributed by atoms with Crippen LogP contribution < -0.4 is 5.32 Å². The van der Waals surface area contributed by atoms with E-state index >= 15 is 0 Å². The number of hydrogen-bond donors (Lipinski definition) is 1. The van der Waals surface area contributed by atoms with E-state index < -0.39 is 0 Å². The molecule has 0 spiro atoms. The van der Waals surface area contributed by atoms with Gasteiger partial charge in [-0.25, -0.2) is 4.79 Å². The molecule has 0 bridgehead atoms. The fraction of sp³-hybridized carbons (Fsp3) is 0.412. The lowest BCUT2D eigenvalue weighted by Gasteiger charge is -2.25. The van der Waals surface area contributed by atoms with Gasteiger partial charge in [0.2, 0.25) is 0 Å². The van der Waals surface area contributed by atoms with Crippen LogP contribution in [0.2, 0.25) is 0 Å². The van der Waals surface area contributed by atoms with Gasteiger partial charge < -0.3 is 14.5 Å². The Morgan fingerprint density at radius 2 is 2.25 bits per heavy atom. The lowest BCUT2D eigenvalue weighted by Crippen LogP contribution is -2.30. The molecule has 0 fully saturated rings. The maximum Gasteiger partial charge on any atom is 0.341 e. The predicted molar refractivity (Wildman–Crippen MR) is 91.6 cm³/mol. The van der Waals surface area contributed by atoms with Crippen LogP contribution in [0, 0.1) is 0 Å². The van der Waals surface area contributed by atoms with Crippen LogP contribution in [0.4, 0.5) is 5.00 Å². The second-order valence-corrected chi connectivity index (χ2v) is 6.58. The molecule has 1 aliphatic rings. The molecule has 0 saturated carbocycles. The minimum absolute atomic E-state index is 0.214. The highest BCUT2D eigenvalue weighted by molar-refractivity contribution is 7.17. The fourth-order valence-electron chi connectivity index (χ4n) is 2.81. The van der Waals surface area contributed by atoms with Crippen molar-refractivity contribution >= 4 is 28.2 Å². The van der Waals surface area contributed by atoms with Crippen LogP contribution in [0.25, 0.3) is 0 Å². The predicted octanol–water partition coefficient (Wildman–Crippen LogP) is 3.15. The molecule has 1 amide bonds. The van der Waals surface area contributed by atoms with E-state index in [9.17, 15) is 9.59 Å². The maximum atomic E-state index is 12.4. The molecule has 2 aromatic rings. The van der Waals surface area contributed by atoms with Crippen molar-refractivity contribution in [3.05, 3.63) is 40.2 Å². The first-order valence-electron chi connectivity index (χ1n) is 8.02. The van der Waals surface area contributed by atoms with Gasteiger partial charge in [0.25, 0.3) is 5.91 Å². The number of nitrogens with one attached hydrogen (secondary N) is 1. The van der Waals surface area contributed by atoms with Gasteiger partial charge in [-0.1, -0.05) is 6.92 Å². The van der Waals surface area contributed by atoms with Crippen LogP contribution in [0.15, 0.2) is 22.8 Å². The molecule has 7 heteroatoms. The molecule has 0 radical (unpaired) electrons. The number of anilines is 1. The Morgan fingerprint density at radius 1 is 1.42 bits per heavy atom. The van der Waals surface area contributed by atoms with Crippen molar-refractivity contribution in [3.8, 4) is 0 Å². The number of hydrogen-bond acceptors (Lipinski definition) is 6. The first-order valence-corrected chi connectivity index (χ1v) is 8.84. The standard InChI is InChI=1S/C17H20N2O4S/c1-3-19-8-7-11-13(10-19)24-16(14(11)17(21)22-4-2)18-15(20)12-6-5-9-23-12/h5-6,9H,3-4,7-8,10H2,1-2H3,(H,18,20). The molecule has 1 aliphatic heterocycles. The SMILES string of the molecule is CCOC(=O)c1c(NC(=O)c2ccco2)sc2c1CCN(CC)C2. The fourth-order valence-corrected chi connectivity index (χ4v) is 4.08. The van der Waals surface area contributed by atoms with Gasteiger partial charge >= 0.3 is 5.97 Å². The molecule has 0 aromatic carbocycles. The summed E-state index contributed by atoms with van der Waals surface area (Å²) in [5.74, 6) is -0.530. The number of furan rings is 1. The molecule has 1 N–H and O–H groups in total. The van der Waals surface area contributed by atoms with Gasteiger partial charge in [0.1, 0.15) is 5.00 Å². The Balaban J connectivity index is 1.93. The van der Waals surface area contributed by atoms with Gasteiger partial charge in [-0.2, -0.15) is 0 Å². The van der Waals surface area contributed by atoms with Crippen LogP contribution >= 0.6 is 11.3 Å². The van der Waals surface area contributed by atoms with Gasteiger partial charge in [-0.15, -0.1) is 11.3 Å². The van der Waals surface area contributed by atoms with Crippen molar-refractivity contribution in [2.75, 3.05) is 25.0 Å². The quantitative estimate of drug-likeness (QED) is 0.841. The van der Waals surface area contributed by atoms with Gasteiger partial charge in [0.15, 0.2) is 5.76 Å². The summed E-state index contributed by atoms with van der Waals surface area (Å²) in [5, 5.41) is 3.35. The normalized spacial score (nSPS) is 14.2. The summed E-state index contributed by atoms with van der Waals surface area (Å²) < 4.78 is 10.3. The van der Waals surface area contributed by atoms with Crippen LogP contribution in [0.1, 0.15) is 45.2 Å². The third-order valence-corrected chi connectivity index (χ3v) is 5.17. The summed E-state index contributed by atoms with van der Waals surface area (Å²) in [5.41, 5.74) is 1.49. The maximum absolute atomic E-state index is 12.4. The highest BCUT2D eigenvalue weighted by Crippen LogP contribution is 2.37. The summed E-state index contributed by atoms with van der Waals surface area (Å²) in [4.78, 5) is 28.1. The number of thiophene rings is 1. The Labute approximate surface area is 144 Å². The van der Waals surface area contributed by atoms with E-state index in [-0.39, 0.29) is 17.6 Å². The van der Waals surface area contributed by atoms with E-state index in [1.54, 1.807) is 19.1 Å². The summed E-state index contributed by atoms with van der Waals surface area (Å²) in [6, 6.07) is 3.24. The molecule has 0 atom stereocenters. The number of carbonyl (C=O) groups is 2. The van der Waals surface area contributed by atoms with E-state index in [0.29, 0.717) is 17.2 Å². The van der Waals surface area contributed by atoms with Crippen molar-refractivity contribution in [2.45, 2.75) is 26.8 Å². The van der Waals surface area contributed by atoms with E-state index in [1.807, 2.05) is 0 Å². The number of ether oxygens (including phenoxy) is 1. The number of carbonyl (C=O) groups excluding carboxylic acids is 2. The second-order valence-electron chi connectivity index (χ2n) is 5.48. The summed E-state index contributed by atoms with van der Waals surface area (Å²) in [7, 11) is 0. The molecule has 0 aliphatic carbocycles. The molecule has 3 rings (SSSR count). The minimum Gasteiger partial charge on any atom is -0.462 e. The molecule has 3 heterocycles. The average Bonchev–Trinajstić information content (AvgIpc) is 3.21. The first kappa shape index (κ1) is 16.7. The van der Waals surface area contributed by atoms with Crippen LogP contribution in [0.5, 0.6) is 0 Å². The lowest BCUT2D eigenvalue weighted by molar-refractivity contribution is 0.0526. The summed E-state index contributed by atoms with van der Waals surface area (Å²) in [6.07, 6.45) is 2.23. The topological polar surface area (TPSA) is 71.8 Å². The number of fused-ring (bicyclic) bond motifs is 1. The molecule has 0 saturated heterocycles. The van der Waals surface area contributed by atoms with E-state index in [4.69, 9.17) is 9.15 Å². The number of nitrogens with zero attached hydrogens (tertiary/aromatic N) is 1. The largest absolute Gasteiger partial charge is 0.462 e. The van der Waals surface area contributed by atoms with Gasteiger partial charge in [0, 0.05) is 18.0 Å². The second kappa shape index (κ2) is 7.19. The molecule has 128 valence electrons. The Hall–Kier alpha value is -2.12. The summed E-state index contributed by atoms with van der Waals surface area (Å²) in [6.45, 7) is 6.84. The van der Waals surface area contributed by atoms with Crippen molar-refractivity contribution in [1.82, 2.24) is 4.90 Å². The Kier molecular flexibility index (Phi) is 5.01. The van der Waals surface area contributed by atoms with Crippen LogP contribution in [-0.2, 0) is 17.7 Å². The first-order chi connectivity index (χ1) is 11.6.